The van der Waals surface area contributed by atoms with Crippen molar-refractivity contribution < 1.29 is 5.11 Å². The Morgan fingerprint density at radius 1 is 1.24 bits per heavy atom. The van der Waals surface area contributed by atoms with Gasteiger partial charge in [0.25, 0.3) is 0 Å². The summed E-state index contributed by atoms with van der Waals surface area (Å²) in [6.45, 7) is 16.0. The van der Waals surface area contributed by atoms with Gasteiger partial charge in [-0.3, -0.25) is 4.90 Å². The number of nitrogens with zero attached hydrogens (tertiary/aromatic N) is 3. The van der Waals surface area contributed by atoms with Crippen molar-refractivity contribution in [3.63, 3.8) is 0 Å². The first-order valence-electron chi connectivity index (χ1n) is 10.7. The Morgan fingerprint density at radius 3 is 2.55 bits per heavy atom. The fraction of sp³-hybridized carbons (Fsp3) is 0.583. The molecule has 29 heavy (non-hydrogen) atoms. The summed E-state index contributed by atoms with van der Waals surface area (Å²) < 4.78 is 0. The Hall–Kier alpha value is -1.72. The molecule has 1 N–H and O–H groups in total. The molecule has 160 valence electrons. The number of likely N-dealkylation sites (tertiary alicyclic amines) is 1. The summed E-state index contributed by atoms with van der Waals surface area (Å²) in [6, 6.07) is 6.31. The predicted molar refractivity (Wildman–Crippen MR) is 124 cm³/mol. The van der Waals surface area contributed by atoms with Crippen molar-refractivity contribution in [2.45, 2.75) is 59.9 Å². The Kier molecular flexibility index (Phi) is 9.31. The molecule has 3 rings (SSSR count). The van der Waals surface area contributed by atoms with Crippen LogP contribution in [-0.4, -0.2) is 33.1 Å². The quantitative estimate of drug-likeness (QED) is 0.542. The molecule has 1 saturated heterocycles. The van der Waals surface area contributed by atoms with Crippen LogP contribution in [0.25, 0.3) is 10.7 Å². The lowest BCUT2D eigenvalue weighted by atomic mass is 9.72. The van der Waals surface area contributed by atoms with Gasteiger partial charge in [-0.05, 0) is 48.3 Å². The van der Waals surface area contributed by atoms with E-state index >= 15 is 0 Å². The smallest absolute Gasteiger partial charge is 0.169 e. The molecule has 2 aromatic rings. The third-order valence-corrected chi connectivity index (χ3v) is 6.70. The van der Waals surface area contributed by atoms with Gasteiger partial charge in [0, 0.05) is 36.9 Å². The van der Waals surface area contributed by atoms with Crippen molar-refractivity contribution in [1.82, 2.24) is 14.9 Å². The van der Waals surface area contributed by atoms with Crippen molar-refractivity contribution in [2.75, 3.05) is 13.1 Å². The van der Waals surface area contributed by atoms with Gasteiger partial charge in [0.1, 0.15) is 0 Å². The van der Waals surface area contributed by atoms with E-state index in [0.717, 1.165) is 30.5 Å². The van der Waals surface area contributed by atoms with Crippen molar-refractivity contribution in [1.29, 1.82) is 0 Å². The summed E-state index contributed by atoms with van der Waals surface area (Å²) in [5, 5.41) is 7.33. The largest absolute Gasteiger partial charge is 0.516 e. The molecule has 0 aromatic carbocycles. The molecule has 0 saturated carbocycles. The van der Waals surface area contributed by atoms with E-state index in [4.69, 9.17) is 5.11 Å². The van der Waals surface area contributed by atoms with Crippen molar-refractivity contribution in [3.05, 3.63) is 48.3 Å². The average molecular weight is 416 g/mol. The number of piperidine rings is 1. The number of aliphatic hydroxyl groups is 1. The van der Waals surface area contributed by atoms with E-state index in [1.165, 1.54) is 48.5 Å². The fourth-order valence-electron chi connectivity index (χ4n) is 3.99. The molecule has 0 radical (unpaired) electrons. The normalized spacial score (nSPS) is 20.0. The van der Waals surface area contributed by atoms with E-state index in [2.05, 4.69) is 61.3 Å². The highest BCUT2D eigenvalue weighted by molar-refractivity contribution is 7.15. The summed E-state index contributed by atoms with van der Waals surface area (Å²) in [4.78, 5) is 14.1. The first-order valence-corrected chi connectivity index (χ1v) is 11.5. The summed E-state index contributed by atoms with van der Waals surface area (Å²) in [5.41, 5.74) is 0.390. The van der Waals surface area contributed by atoms with Crippen LogP contribution in [0.15, 0.2) is 43.4 Å². The van der Waals surface area contributed by atoms with Gasteiger partial charge in [0.2, 0.25) is 0 Å². The van der Waals surface area contributed by atoms with Crippen LogP contribution in [0.5, 0.6) is 0 Å². The molecule has 0 amide bonds. The van der Waals surface area contributed by atoms with Gasteiger partial charge < -0.3 is 5.11 Å². The average Bonchev–Trinajstić information content (AvgIpc) is 3.15. The summed E-state index contributed by atoms with van der Waals surface area (Å²) in [6.07, 6.45) is 9.84. The molecule has 0 aliphatic carbocycles. The first kappa shape index (κ1) is 23.6. The topological polar surface area (TPSA) is 49.2 Å². The number of aromatic nitrogens is 2. The molecule has 4 nitrogen and oxygen atoms in total. The van der Waals surface area contributed by atoms with Gasteiger partial charge in [-0.15, -0.1) is 11.3 Å². The Morgan fingerprint density at radius 2 is 1.93 bits per heavy atom. The van der Waals surface area contributed by atoms with Gasteiger partial charge in [0.05, 0.1) is 11.1 Å². The van der Waals surface area contributed by atoms with E-state index < -0.39 is 0 Å². The van der Waals surface area contributed by atoms with Gasteiger partial charge >= 0.3 is 0 Å². The van der Waals surface area contributed by atoms with Crippen molar-refractivity contribution in [2.24, 2.45) is 17.3 Å². The van der Waals surface area contributed by atoms with Crippen LogP contribution >= 0.6 is 11.3 Å². The molecule has 3 heterocycles. The number of hydrogen-bond donors (Lipinski definition) is 1. The maximum absolute atomic E-state index is 7.33. The molecule has 2 aromatic heterocycles. The molecule has 0 bridgehead atoms. The minimum atomic E-state index is 0.390. The summed E-state index contributed by atoms with van der Waals surface area (Å²) in [7, 11) is 0. The second-order valence-corrected chi connectivity index (χ2v) is 10.2. The van der Waals surface area contributed by atoms with Crippen molar-refractivity contribution >= 4 is 11.3 Å². The van der Waals surface area contributed by atoms with E-state index in [0.29, 0.717) is 5.41 Å². The third-order valence-electron chi connectivity index (χ3n) is 5.63. The molecule has 1 fully saturated rings. The van der Waals surface area contributed by atoms with Gasteiger partial charge in [-0.25, -0.2) is 9.97 Å². The molecule has 0 spiro atoms. The zero-order chi connectivity index (χ0) is 21.3. The van der Waals surface area contributed by atoms with Crippen LogP contribution in [0.3, 0.4) is 0 Å². The predicted octanol–water partition coefficient (Wildman–Crippen LogP) is 6.57. The van der Waals surface area contributed by atoms with Gasteiger partial charge in [-0.1, -0.05) is 47.1 Å². The zero-order valence-corrected chi connectivity index (χ0v) is 19.3. The van der Waals surface area contributed by atoms with E-state index in [1.54, 1.807) is 0 Å². The van der Waals surface area contributed by atoms with Gasteiger partial charge in [0.15, 0.2) is 5.82 Å². The lowest BCUT2D eigenvalue weighted by Gasteiger charge is -2.43. The van der Waals surface area contributed by atoms with Crippen LogP contribution < -0.4 is 0 Å². The lowest BCUT2D eigenvalue weighted by Crippen LogP contribution is -2.44. The Balaban J connectivity index is 0.000000941. The maximum atomic E-state index is 7.33. The minimum Gasteiger partial charge on any atom is -0.516 e. The lowest BCUT2D eigenvalue weighted by molar-refractivity contribution is 0.0545. The third kappa shape index (κ3) is 7.56. The zero-order valence-electron chi connectivity index (χ0n) is 18.5. The highest BCUT2D eigenvalue weighted by atomic mass is 32.1. The van der Waals surface area contributed by atoms with E-state index in [9.17, 15) is 0 Å². The van der Waals surface area contributed by atoms with E-state index in [1.807, 2.05) is 29.8 Å². The molecule has 2 atom stereocenters. The van der Waals surface area contributed by atoms with Crippen molar-refractivity contribution in [3.8, 4) is 10.7 Å². The highest BCUT2D eigenvalue weighted by Crippen LogP contribution is 2.38. The van der Waals surface area contributed by atoms with Crippen LogP contribution in [0.1, 0.15) is 58.3 Å². The molecular weight excluding hydrogens is 378 g/mol. The maximum Gasteiger partial charge on any atom is 0.169 e. The van der Waals surface area contributed by atoms with Crippen LogP contribution in [0, 0.1) is 17.3 Å². The molecule has 2 unspecified atom stereocenters. The molecular formula is C24H37N3OS. The Labute approximate surface area is 180 Å². The fourth-order valence-corrected chi connectivity index (χ4v) is 4.99. The second kappa shape index (κ2) is 11.5. The van der Waals surface area contributed by atoms with Crippen LogP contribution in [0.2, 0.25) is 0 Å². The number of aliphatic hydroxyl groups excluding tert-OH is 1. The SMILES string of the molecule is C=CO.CCCCC1CC(C(C)(C)C)CN(Cc2ccc(-c3ncccn3)s2)C1. The molecule has 1 aliphatic rings. The van der Waals surface area contributed by atoms with Gasteiger partial charge in [-0.2, -0.15) is 0 Å². The molecule has 5 heteroatoms. The monoisotopic (exact) mass is 415 g/mol. The number of thiophene rings is 1. The summed E-state index contributed by atoms with van der Waals surface area (Å²) in [5.74, 6) is 2.48. The summed E-state index contributed by atoms with van der Waals surface area (Å²) >= 11 is 1.84. The first-order chi connectivity index (χ1) is 13.9. The standard InChI is InChI=1S/C22H33N3S.C2H4O/c1-5-6-8-17-13-18(22(2,3)4)15-25(14-17)16-19-9-10-20(26-19)21-23-11-7-12-24-21;1-2-3/h7,9-12,17-18H,5-6,8,13-16H2,1-4H3;2-3H,1H2. The van der Waals surface area contributed by atoms with Crippen LogP contribution in [0.4, 0.5) is 0 Å². The minimum absolute atomic E-state index is 0.390. The number of rotatable bonds is 6. The van der Waals surface area contributed by atoms with Crippen LogP contribution in [-0.2, 0) is 6.54 Å². The number of unbranched alkanes of at least 4 members (excludes halogenated alkanes) is 1. The molecule has 1 aliphatic heterocycles. The number of hydrogen-bond acceptors (Lipinski definition) is 5. The van der Waals surface area contributed by atoms with E-state index in [-0.39, 0.29) is 0 Å². The second-order valence-electron chi connectivity index (χ2n) is 9.02. The highest BCUT2D eigenvalue weighted by Gasteiger charge is 2.34. The Bertz CT molecular complexity index is 723.